The van der Waals surface area contributed by atoms with Gasteiger partial charge in [-0.1, -0.05) is 269 Å². The number of anilines is 6. The fourth-order valence-electron chi connectivity index (χ4n) is 18.7. The van der Waals surface area contributed by atoms with Crippen LogP contribution in [0.1, 0.15) is 182 Å². The van der Waals surface area contributed by atoms with Crippen molar-refractivity contribution in [3.63, 3.8) is 0 Å². The number of aromatic nitrogens is 2. The predicted molar refractivity (Wildman–Crippen MR) is 452 cm³/mol. The number of fused-ring (bicyclic) bond motifs is 12. The van der Waals surface area contributed by atoms with Crippen LogP contribution >= 0.6 is 0 Å². The molecule has 12 aromatic carbocycles. The summed E-state index contributed by atoms with van der Waals surface area (Å²) in [4.78, 5) is 5.28. The van der Waals surface area contributed by atoms with E-state index in [1.165, 1.54) is 164 Å². The van der Waals surface area contributed by atoms with E-state index in [9.17, 15) is 0 Å². The summed E-state index contributed by atoms with van der Waals surface area (Å²) in [6.45, 7) is 40.3. The van der Waals surface area contributed by atoms with E-state index in [1.807, 2.05) is 0 Å². The first-order chi connectivity index (χ1) is 49.9. The quantitative estimate of drug-likeness (QED) is 0.148. The molecule has 5 heteroatoms. The fourth-order valence-corrected chi connectivity index (χ4v) is 18.7. The molecule has 14 aromatic rings. The van der Waals surface area contributed by atoms with E-state index in [0.717, 1.165) is 39.8 Å². The lowest BCUT2D eigenvalue weighted by atomic mass is 9.33. The molecule has 0 unspecified atom stereocenters. The van der Waals surface area contributed by atoms with Gasteiger partial charge in [-0.15, -0.1) is 0 Å². The Morgan fingerprint density at radius 1 is 0.267 bits per heavy atom. The van der Waals surface area contributed by atoms with Gasteiger partial charge in [-0.25, -0.2) is 0 Å². The Morgan fingerprint density at radius 2 is 0.629 bits per heavy atom. The van der Waals surface area contributed by atoms with Crippen molar-refractivity contribution in [1.82, 2.24) is 9.13 Å². The van der Waals surface area contributed by atoms with E-state index in [4.69, 9.17) is 0 Å². The third kappa shape index (κ3) is 10.7. The maximum absolute atomic E-state index is 2.65. The minimum atomic E-state index is -0.157. The molecule has 0 fully saturated rings. The summed E-state index contributed by atoms with van der Waals surface area (Å²) in [5.41, 5.74) is 35.3. The first kappa shape index (κ1) is 66.8. The molecule has 0 saturated carbocycles. The molecule has 4 aliphatic rings. The third-order valence-corrected chi connectivity index (χ3v) is 25.3. The zero-order valence-corrected chi connectivity index (χ0v) is 64.8. The molecule has 0 saturated heterocycles. The standard InChI is InChI=1S/C100H99BN4/c1-94(2,3)68-24-22-23-64(53-68)67-35-45-83-89(56-67)102(71-38-29-62(30-39-71)65-33-43-79-81(54-65)99(14,15)51-49-97(79,10)11)91-60-74(105-85-27-20-18-25-75(85)76-26-19-21-28-86(76)105)61-92-93(91)101(83)84-46-42-73(104-87-47-36-69(95(4,5)6)57-77(87)78-58-70(96(7,8)9)37-48-88(78)104)59-90(84)103(92)72-40-31-63(32-41-72)66-34-44-80-82(55-66)100(16,17)52-50-98(80,12)13/h18-48,53-61H,49-52H2,1-17H3. The third-order valence-electron chi connectivity index (χ3n) is 25.3. The second kappa shape index (κ2) is 23.2. The van der Waals surface area contributed by atoms with Crippen molar-refractivity contribution in [3.05, 3.63) is 282 Å². The van der Waals surface area contributed by atoms with Crippen LogP contribution < -0.4 is 26.2 Å². The Bertz CT molecular complexity index is 5800. The number of hydrogen-bond acceptors (Lipinski definition) is 2. The van der Waals surface area contributed by atoms with Crippen LogP contribution in [0.3, 0.4) is 0 Å². The van der Waals surface area contributed by atoms with Gasteiger partial charge in [0, 0.05) is 61.4 Å². The van der Waals surface area contributed by atoms with Gasteiger partial charge >= 0.3 is 0 Å². The Hall–Kier alpha value is -10.1. The molecular formula is C100H99BN4. The van der Waals surface area contributed by atoms with Gasteiger partial charge in [0.25, 0.3) is 6.71 Å². The Kier molecular flexibility index (Phi) is 14.8. The van der Waals surface area contributed by atoms with Gasteiger partial charge in [0.1, 0.15) is 0 Å². The lowest BCUT2D eigenvalue weighted by molar-refractivity contribution is 0.332. The number of hydrogen-bond donors (Lipinski definition) is 0. The van der Waals surface area contributed by atoms with Crippen LogP contribution in [0.15, 0.2) is 243 Å². The van der Waals surface area contributed by atoms with Crippen molar-refractivity contribution in [1.29, 1.82) is 0 Å². The summed E-state index contributed by atoms with van der Waals surface area (Å²) in [6.07, 6.45) is 4.71. The first-order valence-corrected chi connectivity index (χ1v) is 38.7. The highest BCUT2D eigenvalue weighted by molar-refractivity contribution is 7.00. The average Bonchev–Trinajstić information content (AvgIpc) is 1.17. The summed E-state index contributed by atoms with van der Waals surface area (Å²) in [7, 11) is 0. The van der Waals surface area contributed by atoms with E-state index in [1.54, 1.807) is 0 Å². The lowest BCUT2D eigenvalue weighted by Crippen LogP contribution is -2.61. The number of benzene rings is 12. The van der Waals surface area contributed by atoms with E-state index < -0.39 is 0 Å². The smallest absolute Gasteiger partial charge is 0.252 e. The number of rotatable bonds is 7. The molecule has 0 atom stereocenters. The zero-order chi connectivity index (χ0) is 73.0. The molecule has 4 nitrogen and oxygen atoms in total. The molecule has 2 aliphatic heterocycles. The summed E-state index contributed by atoms with van der Waals surface area (Å²) >= 11 is 0. The van der Waals surface area contributed by atoms with E-state index in [2.05, 4.69) is 379 Å². The molecule has 0 N–H and O–H groups in total. The van der Waals surface area contributed by atoms with Crippen LogP contribution in [0.2, 0.25) is 0 Å². The van der Waals surface area contributed by atoms with E-state index >= 15 is 0 Å². The van der Waals surface area contributed by atoms with Crippen LogP contribution in [-0.2, 0) is 37.9 Å². The molecule has 105 heavy (non-hydrogen) atoms. The first-order valence-electron chi connectivity index (χ1n) is 38.7. The minimum Gasteiger partial charge on any atom is -0.311 e. The molecular weight excluding hydrogens is 1270 g/mol. The van der Waals surface area contributed by atoms with Crippen LogP contribution in [0.5, 0.6) is 0 Å². The van der Waals surface area contributed by atoms with Crippen molar-refractivity contribution in [2.45, 2.75) is 181 Å². The van der Waals surface area contributed by atoms with Crippen molar-refractivity contribution in [3.8, 4) is 44.8 Å². The Balaban J connectivity index is 0.922. The zero-order valence-electron chi connectivity index (χ0n) is 64.8. The maximum atomic E-state index is 2.65. The second-order valence-corrected chi connectivity index (χ2v) is 37.2. The monoisotopic (exact) mass is 1370 g/mol. The van der Waals surface area contributed by atoms with Crippen molar-refractivity contribution < 1.29 is 0 Å². The molecule has 522 valence electrons. The summed E-state index contributed by atoms with van der Waals surface area (Å²) in [5.74, 6) is 0. The lowest BCUT2D eigenvalue weighted by Gasteiger charge is -2.44. The van der Waals surface area contributed by atoms with Gasteiger partial charge in [0.2, 0.25) is 0 Å². The van der Waals surface area contributed by atoms with Crippen molar-refractivity contribution in [2.24, 2.45) is 0 Å². The largest absolute Gasteiger partial charge is 0.311 e. The Morgan fingerprint density at radius 3 is 1.10 bits per heavy atom. The van der Waals surface area contributed by atoms with Gasteiger partial charge in [-0.3, -0.25) is 0 Å². The van der Waals surface area contributed by atoms with Crippen LogP contribution in [0.25, 0.3) is 88.4 Å². The van der Waals surface area contributed by atoms with Gasteiger partial charge in [0.05, 0.1) is 27.8 Å². The van der Waals surface area contributed by atoms with E-state index in [0.29, 0.717) is 0 Å². The molecule has 0 bridgehead atoms. The van der Waals surface area contributed by atoms with Crippen molar-refractivity contribution >= 4 is 101 Å². The summed E-state index contributed by atoms with van der Waals surface area (Å²) in [6, 6.07) is 95.7. The Labute approximate surface area is 623 Å². The molecule has 18 rings (SSSR count). The van der Waals surface area contributed by atoms with Gasteiger partial charge in [-0.2, -0.15) is 0 Å². The summed E-state index contributed by atoms with van der Waals surface area (Å²) < 4.78 is 5.10. The number of nitrogens with zero attached hydrogens (tertiary/aromatic N) is 4. The van der Waals surface area contributed by atoms with Crippen molar-refractivity contribution in [2.75, 3.05) is 9.80 Å². The molecule has 2 aromatic heterocycles. The van der Waals surface area contributed by atoms with Gasteiger partial charge < -0.3 is 18.9 Å². The maximum Gasteiger partial charge on any atom is 0.252 e. The van der Waals surface area contributed by atoms with Gasteiger partial charge in [0.15, 0.2) is 0 Å². The normalized spacial score (nSPS) is 16.3. The minimum absolute atomic E-state index is 0.0307. The van der Waals surface area contributed by atoms with Crippen LogP contribution in [0, 0.1) is 0 Å². The average molecular weight is 1370 g/mol. The molecule has 0 spiro atoms. The molecule has 0 radical (unpaired) electrons. The molecule has 4 heterocycles. The molecule has 0 amide bonds. The van der Waals surface area contributed by atoms with E-state index in [-0.39, 0.29) is 44.6 Å². The second-order valence-electron chi connectivity index (χ2n) is 37.2. The topological polar surface area (TPSA) is 16.3 Å². The predicted octanol–water partition coefficient (Wildman–Crippen LogP) is 25.6. The highest BCUT2D eigenvalue weighted by Gasteiger charge is 2.45. The fraction of sp³-hybridized carbons (Fsp3) is 0.280. The molecule has 2 aliphatic carbocycles. The SMILES string of the molecule is CC(C)(C)c1cccc(-c2ccc3c(c2)N(c2ccc(-c4ccc5c(c4)C(C)(C)CCC5(C)C)cc2)c2cc(-n4c5ccccc5c5ccccc54)cc4c2B3c2ccc(-n3c5ccc(C(C)(C)C)cc5c5cc(C(C)(C)C)ccc53)cc2N4c2ccc(-c3ccc4c(c3)C(C)(C)CCC4(C)C)cc2)c1. The summed E-state index contributed by atoms with van der Waals surface area (Å²) in [5, 5.41) is 5.03. The highest BCUT2D eigenvalue weighted by Crippen LogP contribution is 2.52. The van der Waals surface area contributed by atoms with Crippen LogP contribution in [-0.4, -0.2) is 15.8 Å². The number of para-hydroxylation sites is 2. The highest BCUT2D eigenvalue weighted by atomic mass is 15.2. The van der Waals surface area contributed by atoms with Gasteiger partial charge in [-0.05, 0) is 243 Å². The van der Waals surface area contributed by atoms with Crippen LogP contribution in [0.4, 0.5) is 34.1 Å².